The third-order valence-corrected chi connectivity index (χ3v) is 3.43. The largest absolute Gasteiger partial charge is 0.495 e. The number of aromatic nitrogens is 2. The highest BCUT2D eigenvalue weighted by Gasteiger charge is 2.06. The van der Waals surface area contributed by atoms with E-state index in [1.165, 1.54) is 0 Å². The van der Waals surface area contributed by atoms with Gasteiger partial charge in [-0.25, -0.2) is 4.98 Å². The van der Waals surface area contributed by atoms with Crippen molar-refractivity contribution < 1.29 is 4.74 Å². The number of hydrazone groups is 1. The molecule has 0 bridgehead atoms. The van der Waals surface area contributed by atoms with Crippen LogP contribution < -0.4 is 10.2 Å². The van der Waals surface area contributed by atoms with Crippen molar-refractivity contribution in [2.75, 3.05) is 12.5 Å². The van der Waals surface area contributed by atoms with Gasteiger partial charge in [-0.15, -0.1) is 10.2 Å². The number of azo groups is 1. The Kier molecular flexibility index (Phi) is 5.61. The lowest BCUT2D eigenvalue weighted by atomic mass is 10.3. The van der Waals surface area contributed by atoms with Gasteiger partial charge in [-0.2, -0.15) is 5.10 Å². The molecule has 2 aromatic heterocycles. The molecule has 0 radical (unpaired) electrons. The molecule has 0 unspecified atom stereocenters. The van der Waals surface area contributed by atoms with Crippen LogP contribution in [0, 0.1) is 6.92 Å². The minimum Gasteiger partial charge on any atom is -0.495 e. The molecule has 0 saturated heterocycles. The predicted octanol–water partition coefficient (Wildman–Crippen LogP) is 4.35. The minimum absolute atomic E-state index is 0.332. The number of methoxy groups -OCH3 is 1. The Morgan fingerprint density at radius 1 is 1.00 bits per heavy atom. The average Bonchev–Trinajstić information content (AvgIpc) is 2.70. The van der Waals surface area contributed by atoms with Gasteiger partial charge in [0.1, 0.15) is 11.4 Å². The summed E-state index contributed by atoms with van der Waals surface area (Å²) in [6.07, 6.45) is 3.41. The number of nitrogens with zero attached hydrogens (tertiary/aromatic N) is 5. The smallest absolute Gasteiger partial charge is 0.219 e. The van der Waals surface area contributed by atoms with Gasteiger partial charge in [0.15, 0.2) is 5.82 Å². The molecule has 2 heterocycles. The summed E-state index contributed by atoms with van der Waals surface area (Å²) in [5.41, 5.74) is 5.32. The van der Waals surface area contributed by atoms with E-state index in [1.807, 2.05) is 55.5 Å². The summed E-state index contributed by atoms with van der Waals surface area (Å²) in [5.74, 6) is 1.50. The van der Waals surface area contributed by atoms with Crippen molar-refractivity contribution >= 4 is 17.3 Å². The summed E-state index contributed by atoms with van der Waals surface area (Å²) < 4.78 is 5.31. The van der Waals surface area contributed by atoms with Crippen molar-refractivity contribution in [2.24, 2.45) is 15.3 Å². The number of benzene rings is 1. The monoisotopic (exact) mass is 346 g/mol. The topological polar surface area (TPSA) is 84.1 Å². The Labute approximate surface area is 151 Å². The maximum atomic E-state index is 5.31. The van der Waals surface area contributed by atoms with Crippen LogP contribution in [0.5, 0.6) is 5.75 Å². The minimum atomic E-state index is 0.332. The Balaban J connectivity index is 1.89. The van der Waals surface area contributed by atoms with Crippen molar-refractivity contribution in [1.82, 2.24) is 9.97 Å². The van der Waals surface area contributed by atoms with Crippen molar-refractivity contribution in [3.63, 3.8) is 0 Å². The van der Waals surface area contributed by atoms with Crippen LogP contribution in [0.25, 0.3) is 0 Å². The van der Waals surface area contributed by atoms with Gasteiger partial charge in [-0.05, 0) is 42.8 Å². The second kappa shape index (κ2) is 8.48. The lowest BCUT2D eigenvalue weighted by molar-refractivity contribution is 0.416. The second-order valence-corrected chi connectivity index (χ2v) is 5.36. The third-order valence-electron chi connectivity index (χ3n) is 3.43. The maximum absolute atomic E-state index is 5.31. The first-order valence-corrected chi connectivity index (χ1v) is 7.99. The SMILES string of the molecule is COc1ccccc1N/N=C(\N=Nc1ccc(C)cn1)c1ccccn1. The lowest BCUT2D eigenvalue weighted by Gasteiger charge is -2.07. The number of ether oxygens (including phenoxy) is 1. The number of hydrogen-bond acceptors (Lipinski definition) is 6. The fraction of sp³-hybridized carbons (Fsp3) is 0.105. The van der Waals surface area contributed by atoms with Gasteiger partial charge >= 0.3 is 0 Å². The van der Waals surface area contributed by atoms with Gasteiger partial charge in [-0.3, -0.25) is 10.4 Å². The summed E-state index contributed by atoms with van der Waals surface area (Å²) in [6, 6.07) is 16.7. The van der Waals surface area contributed by atoms with Gasteiger partial charge < -0.3 is 4.74 Å². The van der Waals surface area contributed by atoms with Crippen LogP contribution in [0.1, 0.15) is 11.3 Å². The van der Waals surface area contributed by atoms with Gasteiger partial charge in [0.2, 0.25) is 5.84 Å². The molecule has 0 amide bonds. The molecule has 0 aliphatic carbocycles. The third kappa shape index (κ3) is 4.47. The van der Waals surface area contributed by atoms with Gasteiger partial charge in [0.25, 0.3) is 0 Å². The Morgan fingerprint density at radius 3 is 2.58 bits per heavy atom. The molecule has 26 heavy (non-hydrogen) atoms. The number of hydrogen-bond donors (Lipinski definition) is 1. The van der Waals surface area contributed by atoms with Crippen molar-refractivity contribution in [1.29, 1.82) is 0 Å². The Morgan fingerprint density at radius 2 is 1.85 bits per heavy atom. The summed E-state index contributed by atoms with van der Waals surface area (Å²) >= 11 is 0. The Bertz CT molecular complexity index is 907. The van der Waals surface area contributed by atoms with E-state index in [-0.39, 0.29) is 0 Å². The number of para-hydroxylation sites is 2. The quantitative estimate of drug-likeness (QED) is 0.322. The molecule has 1 aromatic carbocycles. The molecule has 0 fully saturated rings. The summed E-state index contributed by atoms with van der Waals surface area (Å²) in [7, 11) is 1.60. The number of aryl methyl sites for hydroxylation is 1. The predicted molar refractivity (Wildman–Crippen MR) is 101 cm³/mol. The molecule has 0 spiro atoms. The fourth-order valence-corrected chi connectivity index (χ4v) is 2.09. The summed E-state index contributed by atoms with van der Waals surface area (Å²) in [4.78, 5) is 8.50. The van der Waals surface area contributed by atoms with E-state index in [4.69, 9.17) is 4.74 Å². The highest BCUT2D eigenvalue weighted by Crippen LogP contribution is 2.23. The Hall–Kier alpha value is -3.61. The molecular formula is C19H18N6O. The van der Waals surface area contributed by atoms with Gasteiger partial charge in [0, 0.05) is 12.4 Å². The first kappa shape index (κ1) is 17.2. The molecule has 130 valence electrons. The molecule has 7 heteroatoms. The van der Waals surface area contributed by atoms with Crippen LogP contribution in [0.2, 0.25) is 0 Å². The highest BCUT2D eigenvalue weighted by atomic mass is 16.5. The molecule has 7 nitrogen and oxygen atoms in total. The standard InChI is InChI=1S/C19H18N6O/c1-14-10-11-18(21-13-14)23-25-19(16-8-5-6-12-20-16)24-22-15-7-3-4-9-17(15)26-2/h3-13,22H,1-2H3/b24-19-,25-23?. The van der Waals surface area contributed by atoms with Crippen molar-refractivity contribution in [2.45, 2.75) is 6.92 Å². The molecule has 3 rings (SSSR count). The van der Waals surface area contributed by atoms with Crippen LogP contribution in [0.4, 0.5) is 11.5 Å². The van der Waals surface area contributed by atoms with E-state index in [0.29, 0.717) is 28.8 Å². The number of nitrogens with one attached hydrogen (secondary N) is 1. The lowest BCUT2D eigenvalue weighted by Crippen LogP contribution is -2.04. The first-order valence-electron chi connectivity index (χ1n) is 7.99. The van der Waals surface area contributed by atoms with Crippen LogP contribution in [0.3, 0.4) is 0 Å². The second-order valence-electron chi connectivity index (χ2n) is 5.36. The zero-order valence-electron chi connectivity index (χ0n) is 14.5. The van der Waals surface area contributed by atoms with Crippen LogP contribution >= 0.6 is 0 Å². The van der Waals surface area contributed by atoms with Gasteiger partial charge in [-0.1, -0.05) is 24.3 Å². The molecule has 1 N–H and O–H groups in total. The maximum Gasteiger partial charge on any atom is 0.219 e. The molecule has 0 atom stereocenters. The number of amidine groups is 1. The highest BCUT2D eigenvalue weighted by molar-refractivity contribution is 5.97. The van der Waals surface area contributed by atoms with Crippen LogP contribution in [-0.2, 0) is 0 Å². The molecule has 0 aliphatic heterocycles. The van der Waals surface area contributed by atoms with E-state index < -0.39 is 0 Å². The van der Waals surface area contributed by atoms with Crippen LogP contribution in [-0.4, -0.2) is 22.9 Å². The zero-order chi connectivity index (χ0) is 18.2. The summed E-state index contributed by atoms with van der Waals surface area (Å²) in [6.45, 7) is 1.96. The molecule has 0 aliphatic rings. The average molecular weight is 346 g/mol. The van der Waals surface area contributed by atoms with E-state index in [2.05, 4.69) is 30.7 Å². The van der Waals surface area contributed by atoms with Crippen LogP contribution in [0.15, 0.2) is 82.3 Å². The molecular weight excluding hydrogens is 328 g/mol. The normalized spacial score (nSPS) is 11.5. The molecule has 0 saturated carbocycles. The zero-order valence-corrected chi connectivity index (χ0v) is 14.5. The summed E-state index contributed by atoms with van der Waals surface area (Å²) in [5, 5.41) is 12.7. The van der Waals surface area contributed by atoms with Crippen molar-refractivity contribution in [3.8, 4) is 5.75 Å². The number of rotatable bonds is 5. The first-order chi connectivity index (χ1) is 12.8. The molecule has 3 aromatic rings. The number of anilines is 1. The number of pyridine rings is 2. The van der Waals surface area contributed by atoms with E-state index in [0.717, 1.165) is 5.56 Å². The van der Waals surface area contributed by atoms with E-state index >= 15 is 0 Å². The van der Waals surface area contributed by atoms with E-state index in [9.17, 15) is 0 Å². The fourth-order valence-electron chi connectivity index (χ4n) is 2.09. The van der Waals surface area contributed by atoms with Gasteiger partial charge in [0.05, 0.1) is 12.8 Å². The van der Waals surface area contributed by atoms with E-state index in [1.54, 1.807) is 25.6 Å². The van der Waals surface area contributed by atoms with Crippen molar-refractivity contribution in [3.05, 3.63) is 78.2 Å².